The summed E-state index contributed by atoms with van der Waals surface area (Å²) >= 11 is 0. The van der Waals surface area contributed by atoms with Crippen LogP contribution >= 0.6 is 12.4 Å². The number of nitrogens with two attached hydrogens (primary N) is 1. The molecule has 0 saturated carbocycles. The van der Waals surface area contributed by atoms with E-state index in [2.05, 4.69) is 4.84 Å². The summed E-state index contributed by atoms with van der Waals surface area (Å²) in [5.41, 5.74) is 6.58. The average Bonchev–Trinajstić information content (AvgIpc) is 2.49. The van der Waals surface area contributed by atoms with Gasteiger partial charge < -0.3 is 20.4 Å². The van der Waals surface area contributed by atoms with Crippen LogP contribution in [0.5, 0.6) is 0 Å². The van der Waals surface area contributed by atoms with Gasteiger partial charge >= 0.3 is 11.9 Å². The molecular weight excluding hydrogens is 332 g/mol. The second-order valence-electron chi connectivity index (χ2n) is 4.46. The van der Waals surface area contributed by atoms with Crippen LogP contribution < -0.4 is 5.73 Å². The zero-order valence-corrected chi connectivity index (χ0v) is 12.9. The molecule has 0 aliphatic heterocycles. The van der Waals surface area contributed by atoms with Gasteiger partial charge in [-0.15, -0.1) is 22.5 Å². The number of carboxylic acid groups (broad SMARTS) is 1. The molecule has 0 aliphatic rings. The maximum absolute atomic E-state index is 11.4. The summed E-state index contributed by atoms with van der Waals surface area (Å²) < 4.78 is 4.97. The van der Waals surface area contributed by atoms with Crippen LogP contribution in [-0.4, -0.2) is 28.2 Å². The van der Waals surface area contributed by atoms with Gasteiger partial charge in [0.1, 0.15) is 19.3 Å². The first kappa shape index (κ1) is 20.6. The highest BCUT2D eigenvalue weighted by molar-refractivity contribution is 5.85. The molecule has 0 spiro atoms. The van der Waals surface area contributed by atoms with Crippen LogP contribution in [0.15, 0.2) is 24.3 Å². The van der Waals surface area contributed by atoms with Gasteiger partial charge in [-0.25, -0.2) is 0 Å². The Bertz CT molecular complexity index is 536. The maximum Gasteiger partial charge on any atom is 0.320 e. The molecular formula is C13H17ClN2O7. The number of nitrogens with zero attached hydrogens (tertiary/aromatic N) is 1. The van der Waals surface area contributed by atoms with Gasteiger partial charge in [-0.05, 0) is 17.5 Å². The maximum atomic E-state index is 11.4. The Hall–Kier alpha value is -2.39. The molecule has 0 aliphatic carbocycles. The number of carboxylic acids is 1. The third-order valence-corrected chi connectivity index (χ3v) is 2.74. The summed E-state index contributed by atoms with van der Waals surface area (Å²) in [7, 11) is 0. The van der Waals surface area contributed by atoms with E-state index >= 15 is 0 Å². The fourth-order valence-electron chi connectivity index (χ4n) is 1.49. The molecule has 1 rings (SSSR count). The molecule has 1 aromatic rings. The van der Waals surface area contributed by atoms with Gasteiger partial charge in [-0.2, -0.15) is 0 Å². The van der Waals surface area contributed by atoms with E-state index in [0.29, 0.717) is 11.1 Å². The number of aliphatic carboxylic acids is 1. The van der Waals surface area contributed by atoms with E-state index < -0.39 is 23.1 Å². The number of ether oxygens (including phenoxy) is 1. The van der Waals surface area contributed by atoms with Crippen LogP contribution in [0.1, 0.15) is 24.0 Å². The Kier molecular flexibility index (Phi) is 9.28. The third-order valence-electron chi connectivity index (χ3n) is 2.74. The Labute approximate surface area is 137 Å². The van der Waals surface area contributed by atoms with E-state index in [1.165, 1.54) is 0 Å². The number of carbonyl (C=O) groups excluding carboxylic acids is 1. The van der Waals surface area contributed by atoms with Crippen molar-refractivity contribution in [3.05, 3.63) is 45.5 Å². The zero-order chi connectivity index (χ0) is 16.5. The molecule has 0 aromatic heterocycles. The quantitative estimate of drug-likeness (QED) is 0.383. The molecule has 23 heavy (non-hydrogen) atoms. The molecule has 1 aromatic carbocycles. The number of halogens is 1. The van der Waals surface area contributed by atoms with Crippen LogP contribution in [0, 0.1) is 10.1 Å². The van der Waals surface area contributed by atoms with Crippen molar-refractivity contribution in [1.29, 1.82) is 0 Å². The van der Waals surface area contributed by atoms with Crippen molar-refractivity contribution < 1.29 is 29.4 Å². The van der Waals surface area contributed by atoms with Crippen molar-refractivity contribution in [2.24, 2.45) is 5.73 Å². The topological polar surface area (TPSA) is 142 Å². The molecule has 0 saturated heterocycles. The van der Waals surface area contributed by atoms with Crippen molar-refractivity contribution in [3.63, 3.8) is 0 Å². The first-order chi connectivity index (χ1) is 10.4. The molecule has 128 valence electrons. The van der Waals surface area contributed by atoms with E-state index in [9.17, 15) is 19.7 Å². The summed E-state index contributed by atoms with van der Waals surface area (Å²) in [6, 6.07) is 5.44. The van der Waals surface area contributed by atoms with Crippen LogP contribution in [0.25, 0.3) is 0 Å². The van der Waals surface area contributed by atoms with E-state index in [4.69, 9.17) is 15.6 Å². The number of hydrogen-bond acceptors (Lipinski definition) is 7. The molecule has 10 heteroatoms. The second-order valence-corrected chi connectivity index (χ2v) is 4.46. The number of hydrogen-bond donors (Lipinski definition) is 2. The van der Waals surface area contributed by atoms with Crippen LogP contribution in [-0.2, 0) is 32.4 Å². The minimum absolute atomic E-state index is 0. The predicted molar refractivity (Wildman–Crippen MR) is 80.1 cm³/mol. The molecule has 0 unspecified atom stereocenters. The van der Waals surface area contributed by atoms with Crippen molar-refractivity contribution in [2.45, 2.75) is 32.1 Å². The van der Waals surface area contributed by atoms with E-state index in [0.717, 1.165) is 0 Å². The summed E-state index contributed by atoms with van der Waals surface area (Å²) in [4.78, 5) is 36.2. The monoisotopic (exact) mass is 348 g/mol. The molecule has 9 nitrogen and oxygen atoms in total. The van der Waals surface area contributed by atoms with Gasteiger partial charge in [0, 0.05) is 6.42 Å². The van der Waals surface area contributed by atoms with Crippen LogP contribution in [0.3, 0.4) is 0 Å². The summed E-state index contributed by atoms with van der Waals surface area (Å²) in [6.45, 7) is -0.127. The standard InChI is InChI=1S/C13H16N2O7.ClH/c14-11(13(17)18)5-6-12(16)21-7-9-1-3-10(4-2-9)8-22-15(19)20;/h1-4,11H,5-8,14H2,(H,17,18);1H/t11-;/m0./s1. The lowest BCUT2D eigenvalue weighted by Crippen LogP contribution is -2.30. The average molecular weight is 349 g/mol. The van der Waals surface area contributed by atoms with Gasteiger partial charge in [-0.1, -0.05) is 24.3 Å². The number of esters is 1. The predicted octanol–water partition coefficient (Wildman–Crippen LogP) is 1.05. The Morgan fingerprint density at radius 2 is 1.74 bits per heavy atom. The van der Waals surface area contributed by atoms with Crippen molar-refractivity contribution in [2.75, 3.05) is 0 Å². The third kappa shape index (κ3) is 8.59. The minimum atomic E-state index is -1.17. The first-order valence-electron chi connectivity index (χ1n) is 6.37. The molecule has 3 N–H and O–H groups in total. The highest BCUT2D eigenvalue weighted by atomic mass is 35.5. The van der Waals surface area contributed by atoms with Gasteiger partial charge in [0.25, 0.3) is 5.09 Å². The first-order valence-corrected chi connectivity index (χ1v) is 6.37. The summed E-state index contributed by atoms with van der Waals surface area (Å²) in [5.74, 6) is -1.71. The van der Waals surface area contributed by atoms with E-state index in [1.807, 2.05) is 0 Å². The molecule has 1 atom stereocenters. The van der Waals surface area contributed by atoms with E-state index in [1.54, 1.807) is 24.3 Å². The molecule has 0 fully saturated rings. The Morgan fingerprint density at radius 3 is 2.22 bits per heavy atom. The molecule has 0 radical (unpaired) electrons. The number of rotatable bonds is 9. The summed E-state index contributed by atoms with van der Waals surface area (Å²) in [6.07, 6.45) is -0.0758. The zero-order valence-electron chi connectivity index (χ0n) is 12.0. The lowest BCUT2D eigenvalue weighted by atomic mass is 10.1. The summed E-state index contributed by atoms with van der Waals surface area (Å²) in [5, 5.41) is 17.7. The minimum Gasteiger partial charge on any atom is -0.480 e. The van der Waals surface area contributed by atoms with Crippen molar-refractivity contribution >= 4 is 24.3 Å². The molecule has 0 amide bonds. The lowest BCUT2D eigenvalue weighted by molar-refractivity contribution is -0.763. The number of benzene rings is 1. The fraction of sp³-hybridized carbons (Fsp3) is 0.385. The smallest absolute Gasteiger partial charge is 0.320 e. The fourth-order valence-corrected chi connectivity index (χ4v) is 1.49. The van der Waals surface area contributed by atoms with Gasteiger partial charge in [0.15, 0.2) is 0 Å². The lowest BCUT2D eigenvalue weighted by Gasteiger charge is -2.07. The van der Waals surface area contributed by atoms with Crippen molar-refractivity contribution in [3.8, 4) is 0 Å². The highest BCUT2D eigenvalue weighted by Gasteiger charge is 2.14. The highest BCUT2D eigenvalue weighted by Crippen LogP contribution is 2.08. The van der Waals surface area contributed by atoms with Gasteiger partial charge in [0.2, 0.25) is 0 Å². The van der Waals surface area contributed by atoms with Gasteiger partial charge in [-0.3, -0.25) is 9.59 Å². The normalized spacial score (nSPS) is 11.0. The Balaban J connectivity index is 0.00000484. The molecule has 0 bridgehead atoms. The molecule has 0 heterocycles. The largest absolute Gasteiger partial charge is 0.480 e. The van der Waals surface area contributed by atoms with Crippen LogP contribution in [0.2, 0.25) is 0 Å². The van der Waals surface area contributed by atoms with Crippen molar-refractivity contribution in [1.82, 2.24) is 0 Å². The van der Waals surface area contributed by atoms with Crippen LogP contribution in [0.4, 0.5) is 0 Å². The SMILES string of the molecule is Cl.N[C@@H](CCC(=O)OCc1ccc(CO[N+](=O)[O-])cc1)C(=O)O. The Morgan fingerprint density at radius 1 is 1.22 bits per heavy atom. The van der Waals surface area contributed by atoms with E-state index in [-0.39, 0.29) is 38.5 Å². The van der Waals surface area contributed by atoms with Gasteiger partial charge in [0.05, 0.1) is 0 Å². The number of carbonyl (C=O) groups is 2. The second kappa shape index (κ2) is 10.4.